The molecule has 1 aromatic rings. The lowest BCUT2D eigenvalue weighted by Crippen LogP contribution is -2.29. The van der Waals surface area contributed by atoms with Crippen LogP contribution in [-0.2, 0) is 10.0 Å². The summed E-state index contributed by atoms with van der Waals surface area (Å²) in [5.41, 5.74) is 6.43. The molecule has 4 nitrogen and oxygen atoms in total. The van der Waals surface area contributed by atoms with Crippen molar-refractivity contribution in [2.24, 2.45) is 5.92 Å². The van der Waals surface area contributed by atoms with Crippen molar-refractivity contribution in [1.82, 2.24) is 4.72 Å². The molecule has 108 valence electrons. The van der Waals surface area contributed by atoms with Gasteiger partial charge in [0.05, 0.1) is 0 Å². The summed E-state index contributed by atoms with van der Waals surface area (Å²) in [5.74, 6) is -0.524. The summed E-state index contributed by atoms with van der Waals surface area (Å²) in [7, 11) is -3.85. The molecule has 0 fully saturated rings. The number of hydrogen-bond acceptors (Lipinski definition) is 3. The van der Waals surface area contributed by atoms with Crippen molar-refractivity contribution >= 4 is 15.7 Å². The highest BCUT2D eigenvalue weighted by Crippen LogP contribution is 2.21. The number of sulfonamides is 1. The number of anilines is 1. The van der Waals surface area contributed by atoms with Crippen molar-refractivity contribution in [3.05, 3.63) is 23.5 Å². The van der Waals surface area contributed by atoms with Gasteiger partial charge in [0.15, 0.2) is 0 Å². The maximum Gasteiger partial charge on any atom is 0.243 e. The fraction of sp³-hybridized carbons (Fsp3) is 0.538. The van der Waals surface area contributed by atoms with Gasteiger partial charge in [0, 0.05) is 12.2 Å². The van der Waals surface area contributed by atoms with Gasteiger partial charge in [-0.25, -0.2) is 17.5 Å². The zero-order chi connectivity index (χ0) is 14.6. The number of rotatable bonds is 6. The Labute approximate surface area is 114 Å². The van der Waals surface area contributed by atoms with E-state index in [1.165, 1.54) is 6.07 Å². The zero-order valence-corrected chi connectivity index (χ0v) is 12.3. The van der Waals surface area contributed by atoms with E-state index >= 15 is 0 Å². The molecule has 1 aromatic carbocycles. The van der Waals surface area contributed by atoms with Crippen molar-refractivity contribution in [3.63, 3.8) is 0 Å². The fourth-order valence-electron chi connectivity index (χ4n) is 1.76. The molecule has 0 amide bonds. The standard InChI is InChI=1S/C13H21FN2O2S/c1-4-10(5-2)8-16-19(17,18)13-7-12(15)9(3)6-11(13)14/h6-7,10,16H,4-5,8,15H2,1-3H3. The lowest BCUT2D eigenvalue weighted by atomic mass is 10.0. The quantitative estimate of drug-likeness (QED) is 0.790. The van der Waals surface area contributed by atoms with Gasteiger partial charge in [0.1, 0.15) is 10.7 Å². The summed E-state index contributed by atoms with van der Waals surface area (Å²) >= 11 is 0. The minimum Gasteiger partial charge on any atom is -0.398 e. The van der Waals surface area contributed by atoms with Crippen LogP contribution in [0.15, 0.2) is 17.0 Å². The van der Waals surface area contributed by atoms with Gasteiger partial charge in [-0.1, -0.05) is 26.7 Å². The minimum absolute atomic E-state index is 0.251. The SMILES string of the molecule is CCC(CC)CNS(=O)(=O)c1cc(N)c(C)cc1F. The Morgan fingerprint density at radius 3 is 2.42 bits per heavy atom. The molecule has 6 heteroatoms. The largest absolute Gasteiger partial charge is 0.398 e. The van der Waals surface area contributed by atoms with E-state index in [0.29, 0.717) is 12.1 Å². The first-order valence-corrected chi connectivity index (χ1v) is 7.85. The second-order valence-corrected chi connectivity index (χ2v) is 6.41. The van der Waals surface area contributed by atoms with Gasteiger partial charge in [-0.05, 0) is 30.5 Å². The van der Waals surface area contributed by atoms with Crippen molar-refractivity contribution < 1.29 is 12.8 Å². The smallest absolute Gasteiger partial charge is 0.243 e. The van der Waals surface area contributed by atoms with Crippen molar-refractivity contribution in [1.29, 1.82) is 0 Å². The van der Waals surface area contributed by atoms with Crippen molar-refractivity contribution in [3.8, 4) is 0 Å². The van der Waals surface area contributed by atoms with Gasteiger partial charge < -0.3 is 5.73 Å². The van der Waals surface area contributed by atoms with Crippen molar-refractivity contribution in [2.75, 3.05) is 12.3 Å². The molecule has 0 aliphatic carbocycles. The number of benzene rings is 1. The van der Waals surface area contributed by atoms with Gasteiger partial charge in [-0.2, -0.15) is 0 Å². The Morgan fingerprint density at radius 1 is 1.32 bits per heavy atom. The van der Waals surface area contributed by atoms with E-state index in [1.807, 2.05) is 13.8 Å². The first kappa shape index (κ1) is 15.9. The highest BCUT2D eigenvalue weighted by Gasteiger charge is 2.21. The highest BCUT2D eigenvalue weighted by molar-refractivity contribution is 7.89. The maximum absolute atomic E-state index is 13.7. The van der Waals surface area contributed by atoms with Crippen LogP contribution >= 0.6 is 0 Å². The molecule has 0 saturated heterocycles. The van der Waals surface area contributed by atoms with Crippen LogP contribution in [-0.4, -0.2) is 15.0 Å². The minimum atomic E-state index is -3.85. The van der Waals surface area contributed by atoms with Crippen LogP contribution in [0.4, 0.5) is 10.1 Å². The van der Waals surface area contributed by atoms with E-state index < -0.39 is 15.8 Å². The first-order chi connectivity index (χ1) is 8.81. The average molecular weight is 288 g/mol. The van der Waals surface area contributed by atoms with Crippen LogP contribution < -0.4 is 10.5 Å². The lowest BCUT2D eigenvalue weighted by Gasteiger charge is -2.14. The summed E-state index contributed by atoms with van der Waals surface area (Å²) < 4.78 is 40.3. The summed E-state index contributed by atoms with van der Waals surface area (Å²) in [4.78, 5) is -0.387. The van der Waals surface area contributed by atoms with Gasteiger partial charge >= 0.3 is 0 Å². The highest BCUT2D eigenvalue weighted by atomic mass is 32.2. The van der Waals surface area contributed by atoms with Crippen LogP contribution in [0, 0.1) is 18.7 Å². The molecular weight excluding hydrogens is 267 g/mol. The maximum atomic E-state index is 13.7. The molecule has 0 unspecified atom stereocenters. The van der Waals surface area contributed by atoms with E-state index in [0.717, 1.165) is 18.9 Å². The molecule has 0 spiro atoms. The third kappa shape index (κ3) is 3.91. The number of nitrogens with two attached hydrogens (primary N) is 1. The number of hydrogen-bond donors (Lipinski definition) is 2. The van der Waals surface area contributed by atoms with Crippen molar-refractivity contribution in [2.45, 2.75) is 38.5 Å². The summed E-state index contributed by atoms with van der Waals surface area (Å²) in [5, 5.41) is 0. The zero-order valence-electron chi connectivity index (χ0n) is 11.5. The van der Waals surface area contributed by atoms with E-state index in [-0.39, 0.29) is 16.5 Å². The normalized spacial score (nSPS) is 12.1. The molecule has 0 atom stereocenters. The molecule has 0 aliphatic rings. The molecule has 1 rings (SSSR count). The second-order valence-electron chi connectivity index (χ2n) is 4.67. The van der Waals surface area contributed by atoms with E-state index in [2.05, 4.69) is 4.72 Å². The molecule has 0 radical (unpaired) electrons. The summed E-state index contributed by atoms with van der Waals surface area (Å²) in [6.07, 6.45) is 1.75. The van der Waals surface area contributed by atoms with Crippen LogP contribution in [0.3, 0.4) is 0 Å². The molecule has 19 heavy (non-hydrogen) atoms. The lowest BCUT2D eigenvalue weighted by molar-refractivity contribution is 0.477. The third-order valence-corrected chi connectivity index (χ3v) is 4.77. The topological polar surface area (TPSA) is 72.2 Å². The number of halogens is 1. The second kappa shape index (κ2) is 6.34. The number of nitrogen functional groups attached to an aromatic ring is 1. The predicted octanol–water partition coefficient (Wildman–Crippen LogP) is 2.43. The first-order valence-electron chi connectivity index (χ1n) is 6.37. The molecule has 0 aromatic heterocycles. The molecular formula is C13H21FN2O2S. The van der Waals surface area contributed by atoms with Gasteiger partial charge in [-0.3, -0.25) is 0 Å². The Balaban J connectivity index is 2.98. The molecule has 0 aliphatic heterocycles. The molecule has 3 N–H and O–H groups in total. The third-order valence-electron chi connectivity index (χ3n) is 3.33. The van der Waals surface area contributed by atoms with Gasteiger partial charge in [-0.15, -0.1) is 0 Å². The Hall–Kier alpha value is -1.14. The van der Waals surface area contributed by atoms with E-state index in [1.54, 1.807) is 6.92 Å². The molecule has 0 heterocycles. The summed E-state index contributed by atoms with van der Waals surface area (Å²) in [6.45, 7) is 5.93. The molecule has 0 saturated carbocycles. The van der Waals surface area contributed by atoms with Crippen LogP contribution in [0.2, 0.25) is 0 Å². The fourth-order valence-corrected chi connectivity index (χ4v) is 2.97. The Morgan fingerprint density at radius 2 is 1.89 bits per heavy atom. The molecule has 0 bridgehead atoms. The van der Waals surface area contributed by atoms with Crippen LogP contribution in [0.25, 0.3) is 0 Å². The monoisotopic (exact) mass is 288 g/mol. The number of aryl methyl sites for hydroxylation is 1. The predicted molar refractivity (Wildman–Crippen MR) is 74.8 cm³/mol. The number of nitrogens with one attached hydrogen (secondary N) is 1. The van der Waals surface area contributed by atoms with Crippen LogP contribution in [0.5, 0.6) is 0 Å². The summed E-state index contributed by atoms with van der Waals surface area (Å²) in [6, 6.07) is 2.31. The van der Waals surface area contributed by atoms with E-state index in [4.69, 9.17) is 5.73 Å². The van der Waals surface area contributed by atoms with Crippen LogP contribution in [0.1, 0.15) is 32.3 Å². The van der Waals surface area contributed by atoms with Gasteiger partial charge in [0.2, 0.25) is 10.0 Å². The van der Waals surface area contributed by atoms with E-state index in [9.17, 15) is 12.8 Å². The Kier molecular flexibility index (Phi) is 5.31. The average Bonchev–Trinajstić information content (AvgIpc) is 2.34. The Bertz CT molecular complexity index is 540. The van der Waals surface area contributed by atoms with Gasteiger partial charge in [0.25, 0.3) is 0 Å².